The van der Waals surface area contributed by atoms with Crippen LogP contribution in [0.15, 0.2) is 11.4 Å². The van der Waals surface area contributed by atoms with Crippen LogP contribution in [0.3, 0.4) is 0 Å². The molecule has 17 heavy (non-hydrogen) atoms. The zero-order valence-corrected chi connectivity index (χ0v) is 11.7. The Labute approximate surface area is 109 Å². The van der Waals surface area contributed by atoms with E-state index in [1.54, 1.807) is 5.56 Å². The van der Waals surface area contributed by atoms with Gasteiger partial charge in [0.15, 0.2) is 0 Å². The summed E-state index contributed by atoms with van der Waals surface area (Å²) >= 11 is 1.90. The fourth-order valence-corrected chi connectivity index (χ4v) is 4.33. The van der Waals surface area contributed by atoms with Crippen molar-refractivity contribution in [3.8, 4) is 0 Å². The van der Waals surface area contributed by atoms with E-state index in [9.17, 15) is 0 Å². The largest absolute Gasteiger partial charge is 0.310 e. The van der Waals surface area contributed by atoms with E-state index in [0.717, 1.165) is 24.3 Å². The third kappa shape index (κ3) is 2.30. The summed E-state index contributed by atoms with van der Waals surface area (Å²) in [4.78, 5) is 1.51. The van der Waals surface area contributed by atoms with Gasteiger partial charge in [-0.05, 0) is 73.9 Å². The minimum atomic E-state index is 0.633. The number of thiophene rings is 1. The Hall–Kier alpha value is -0.340. The maximum absolute atomic E-state index is 3.80. The fraction of sp³-hybridized carbons (Fsp3) is 0.733. The van der Waals surface area contributed by atoms with Gasteiger partial charge in [0, 0.05) is 10.9 Å². The van der Waals surface area contributed by atoms with Gasteiger partial charge in [-0.1, -0.05) is 6.92 Å². The van der Waals surface area contributed by atoms with Crippen molar-refractivity contribution < 1.29 is 0 Å². The molecule has 1 nitrogen and oxygen atoms in total. The van der Waals surface area contributed by atoms with Crippen molar-refractivity contribution in [3.63, 3.8) is 0 Å². The number of aryl methyl sites for hydroxylation is 1. The summed E-state index contributed by atoms with van der Waals surface area (Å²) < 4.78 is 0. The van der Waals surface area contributed by atoms with Crippen molar-refractivity contribution in [2.24, 2.45) is 17.8 Å². The lowest BCUT2D eigenvalue weighted by Gasteiger charge is -2.26. The number of fused-ring (bicyclic) bond motifs is 1. The maximum Gasteiger partial charge on any atom is 0.0359 e. The van der Waals surface area contributed by atoms with Gasteiger partial charge >= 0.3 is 0 Å². The van der Waals surface area contributed by atoms with E-state index in [-0.39, 0.29) is 0 Å². The first-order valence-electron chi connectivity index (χ1n) is 7.07. The molecule has 2 fully saturated rings. The zero-order chi connectivity index (χ0) is 11.8. The second kappa shape index (κ2) is 4.74. The number of hydrogen-bond acceptors (Lipinski definition) is 2. The minimum Gasteiger partial charge on any atom is -0.310 e. The van der Waals surface area contributed by atoms with E-state index in [1.165, 1.54) is 30.6 Å². The highest BCUT2D eigenvalue weighted by Gasteiger charge is 2.48. The van der Waals surface area contributed by atoms with Gasteiger partial charge in [-0.3, -0.25) is 0 Å². The molecule has 1 aromatic rings. The summed E-state index contributed by atoms with van der Waals surface area (Å²) in [7, 11) is 0. The number of rotatable bonds is 5. The summed E-state index contributed by atoms with van der Waals surface area (Å²) in [6.45, 7) is 5.69. The number of hydrogen-bond donors (Lipinski definition) is 1. The van der Waals surface area contributed by atoms with Crippen LogP contribution in [0.4, 0.5) is 0 Å². The molecule has 0 bridgehead atoms. The van der Waals surface area contributed by atoms with Crippen LogP contribution in [0.1, 0.15) is 49.1 Å². The molecular formula is C15H23NS. The smallest absolute Gasteiger partial charge is 0.0359 e. The fourth-order valence-electron chi connectivity index (χ4n) is 3.58. The molecule has 1 heterocycles. The standard InChI is InChI=1S/C15H23NS/c1-3-5-16-15(14-4-6-17-10(14)2)13-8-11-7-12(11)9-13/h4,6,11-13,15-16H,3,5,7-9H2,1-2H3. The van der Waals surface area contributed by atoms with Crippen LogP contribution in [-0.4, -0.2) is 6.54 Å². The lowest BCUT2D eigenvalue weighted by molar-refractivity contribution is 0.341. The van der Waals surface area contributed by atoms with Gasteiger partial charge in [-0.2, -0.15) is 0 Å². The molecule has 0 radical (unpaired) electrons. The van der Waals surface area contributed by atoms with Crippen LogP contribution in [0.25, 0.3) is 0 Å². The first-order valence-corrected chi connectivity index (χ1v) is 7.95. The van der Waals surface area contributed by atoms with E-state index in [1.807, 2.05) is 11.3 Å². The molecule has 2 heteroatoms. The third-order valence-electron chi connectivity index (χ3n) is 4.60. The van der Waals surface area contributed by atoms with Crippen molar-refractivity contribution in [3.05, 3.63) is 21.9 Å². The van der Waals surface area contributed by atoms with Gasteiger partial charge < -0.3 is 5.32 Å². The first kappa shape index (κ1) is 11.7. The molecule has 0 aliphatic heterocycles. The van der Waals surface area contributed by atoms with Crippen LogP contribution in [-0.2, 0) is 0 Å². The van der Waals surface area contributed by atoms with Crippen LogP contribution in [0.5, 0.6) is 0 Å². The van der Waals surface area contributed by atoms with E-state index in [0.29, 0.717) is 6.04 Å². The molecule has 0 aromatic carbocycles. The van der Waals surface area contributed by atoms with Crippen LogP contribution in [0, 0.1) is 24.7 Å². The molecule has 2 aliphatic rings. The predicted molar refractivity (Wildman–Crippen MR) is 74.4 cm³/mol. The Bertz CT molecular complexity index is 374. The summed E-state index contributed by atoms with van der Waals surface area (Å²) in [5.74, 6) is 3.08. The first-order chi connectivity index (χ1) is 8.29. The second-order valence-electron chi connectivity index (χ2n) is 5.85. The lowest BCUT2D eigenvalue weighted by atomic mass is 9.89. The SMILES string of the molecule is CCCNC(c1ccsc1C)C1CC2CC2C1. The highest BCUT2D eigenvalue weighted by atomic mass is 32.1. The van der Waals surface area contributed by atoms with Crippen molar-refractivity contribution >= 4 is 11.3 Å². The minimum absolute atomic E-state index is 0.633. The molecule has 0 spiro atoms. The van der Waals surface area contributed by atoms with Crippen LogP contribution in [0.2, 0.25) is 0 Å². The van der Waals surface area contributed by atoms with Gasteiger partial charge in [0.25, 0.3) is 0 Å². The van der Waals surface area contributed by atoms with Gasteiger partial charge in [0.05, 0.1) is 0 Å². The van der Waals surface area contributed by atoms with Gasteiger partial charge in [-0.25, -0.2) is 0 Å². The van der Waals surface area contributed by atoms with E-state index >= 15 is 0 Å². The van der Waals surface area contributed by atoms with Crippen LogP contribution >= 0.6 is 11.3 Å². The van der Waals surface area contributed by atoms with Crippen LogP contribution < -0.4 is 5.32 Å². The van der Waals surface area contributed by atoms with E-state index in [4.69, 9.17) is 0 Å². The normalized spacial score (nSPS) is 32.5. The molecule has 94 valence electrons. The summed E-state index contributed by atoms with van der Waals surface area (Å²) in [5, 5.41) is 6.05. The number of nitrogens with one attached hydrogen (secondary N) is 1. The van der Waals surface area contributed by atoms with Crippen molar-refractivity contribution in [1.29, 1.82) is 0 Å². The van der Waals surface area contributed by atoms with E-state index in [2.05, 4.69) is 30.6 Å². The predicted octanol–water partition coefficient (Wildman–Crippen LogP) is 4.14. The van der Waals surface area contributed by atoms with Gasteiger partial charge in [-0.15, -0.1) is 11.3 Å². The van der Waals surface area contributed by atoms with Gasteiger partial charge in [0.2, 0.25) is 0 Å². The molecule has 0 amide bonds. The Morgan fingerprint density at radius 2 is 2.12 bits per heavy atom. The third-order valence-corrected chi connectivity index (χ3v) is 5.46. The van der Waals surface area contributed by atoms with E-state index < -0.39 is 0 Å². The molecule has 2 saturated carbocycles. The monoisotopic (exact) mass is 249 g/mol. The molecule has 3 atom stereocenters. The van der Waals surface area contributed by atoms with Crippen molar-refractivity contribution in [1.82, 2.24) is 5.32 Å². The molecular weight excluding hydrogens is 226 g/mol. The lowest BCUT2D eigenvalue weighted by Crippen LogP contribution is -2.28. The Morgan fingerprint density at radius 3 is 2.71 bits per heavy atom. The van der Waals surface area contributed by atoms with Crippen molar-refractivity contribution in [2.75, 3.05) is 6.54 Å². The average Bonchev–Trinajstić information content (AvgIpc) is 2.74. The second-order valence-corrected chi connectivity index (χ2v) is 6.97. The average molecular weight is 249 g/mol. The van der Waals surface area contributed by atoms with Gasteiger partial charge in [0.1, 0.15) is 0 Å². The highest BCUT2D eigenvalue weighted by Crippen LogP contribution is 2.57. The Morgan fingerprint density at radius 1 is 1.35 bits per heavy atom. The highest BCUT2D eigenvalue weighted by molar-refractivity contribution is 7.10. The summed E-state index contributed by atoms with van der Waals surface area (Å²) in [5.41, 5.74) is 1.58. The zero-order valence-electron chi connectivity index (χ0n) is 10.9. The molecule has 2 aliphatic carbocycles. The maximum atomic E-state index is 3.80. The Balaban J connectivity index is 1.74. The molecule has 3 unspecified atom stereocenters. The topological polar surface area (TPSA) is 12.0 Å². The molecule has 3 rings (SSSR count). The Kier molecular flexibility index (Phi) is 3.27. The molecule has 1 aromatic heterocycles. The summed E-state index contributed by atoms with van der Waals surface area (Å²) in [6, 6.07) is 2.98. The van der Waals surface area contributed by atoms with Crippen molar-refractivity contribution in [2.45, 2.75) is 45.6 Å². The molecule has 1 N–H and O–H groups in total. The summed E-state index contributed by atoms with van der Waals surface area (Å²) in [6.07, 6.45) is 5.71. The quantitative estimate of drug-likeness (QED) is 0.827. The molecule has 0 saturated heterocycles.